The fraction of sp³-hybridized carbons (Fsp3) is 0.111. The maximum Gasteiger partial charge on any atom is 0.259 e. The summed E-state index contributed by atoms with van der Waals surface area (Å²) in [6, 6.07) is 13.9. The number of aryl methyl sites for hydroxylation is 1. The van der Waals surface area contributed by atoms with Crippen LogP contribution in [0, 0.1) is 6.92 Å². The number of benzene rings is 2. The summed E-state index contributed by atoms with van der Waals surface area (Å²) in [5, 5.41) is 16.9. The number of amidine groups is 1. The van der Waals surface area contributed by atoms with Gasteiger partial charge in [0.15, 0.2) is 5.17 Å². The summed E-state index contributed by atoms with van der Waals surface area (Å²) in [7, 11) is 0. The van der Waals surface area contributed by atoms with Crippen LogP contribution in [0.25, 0.3) is 0 Å². The Morgan fingerprint density at radius 1 is 1.20 bits per heavy atom. The molecule has 0 bridgehead atoms. The summed E-state index contributed by atoms with van der Waals surface area (Å²) < 4.78 is 0. The largest absolute Gasteiger partial charge is 0.545 e. The van der Waals surface area contributed by atoms with Crippen LogP contribution in [0.5, 0.6) is 0 Å². The predicted molar refractivity (Wildman–Crippen MR) is 95.9 cm³/mol. The van der Waals surface area contributed by atoms with Gasteiger partial charge in [-0.15, -0.1) is 0 Å². The molecular formula is C18H14N3O3S-. The molecule has 126 valence electrons. The van der Waals surface area contributed by atoms with E-state index in [-0.39, 0.29) is 17.2 Å². The van der Waals surface area contributed by atoms with Gasteiger partial charge in [0.1, 0.15) is 0 Å². The molecule has 7 heteroatoms. The zero-order chi connectivity index (χ0) is 17.8. The summed E-state index contributed by atoms with van der Waals surface area (Å²) in [5.74, 6) is -1.26. The molecule has 2 aromatic rings. The van der Waals surface area contributed by atoms with Crippen molar-refractivity contribution in [1.82, 2.24) is 5.01 Å². The Morgan fingerprint density at radius 3 is 2.64 bits per heavy atom. The minimum Gasteiger partial charge on any atom is -0.545 e. The number of hydrogen-bond donors (Lipinski definition) is 0. The van der Waals surface area contributed by atoms with Crippen LogP contribution in [-0.4, -0.2) is 34.0 Å². The van der Waals surface area contributed by atoms with Crippen molar-refractivity contribution >= 4 is 40.7 Å². The predicted octanol–water partition coefficient (Wildman–Crippen LogP) is 1.96. The van der Waals surface area contributed by atoms with Crippen LogP contribution < -0.4 is 5.11 Å². The van der Waals surface area contributed by atoms with Crippen molar-refractivity contribution in [2.24, 2.45) is 10.1 Å². The SMILES string of the molecule is Cc1ccc(N=C2SCC(=O)N2/N=C\c2ccccc2C(=O)[O-])cc1. The molecule has 0 saturated carbocycles. The molecule has 0 aromatic heterocycles. The second-order valence-electron chi connectivity index (χ2n) is 5.34. The van der Waals surface area contributed by atoms with Crippen molar-refractivity contribution < 1.29 is 14.7 Å². The number of hydrogen-bond acceptors (Lipinski definition) is 6. The Morgan fingerprint density at radius 2 is 1.92 bits per heavy atom. The van der Waals surface area contributed by atoms with E-state index in [1.165, 1.54) is 29.1 Å². The molecule has 1 aliphatic rings. The van der Waals surface area contributed by atoms with Crippen LogP contribution in [0.15, 0.2) is 58.6 Å². The zero-order valence-electron chi connectivity index (χ0n) is 13.4. The number of amides is 1. The second kappa shape index (κ2) is 7.31. The number of rotatable bonds is 4. The van der Waals surface area contributed by atoms with Gasteiger partial charge in [-0.3, -0.25) is 4.79 Å². The van der Waals surface area contributed by atoms with Crippen molar-refractivity contribution in [1.29, 1.82) is 0 Å². The molecule has 1 aliphatic heterocycles. The molecule has 1 heterocycles. The average molecular weight is 352 g/mol. The first-order valence-corrected chi connectivity index (χ1v) is 8.48. The third kappa shape index (κ3) is 3.95. The average Bonchev–Trinajstić information content (AvgIpc) is 2.95. The Balaban J connectivity index is 1.88. The number of aromatic carboxylic acids is 1. The van der Waals surface area contributed by atoms with Crippen molar-refractivity contribution in [3.63, 3.8) is 0 Å². The number of thioether (sulfide) groups is 1. The molecule has 0 atom stereocenters. The van der Waals surface area contributed by atoms with Gasteiger partial charge in [-0.05, 0) is 19.1 Å². The first-order valence-electron chi connectivity index (χ1n) is 7.50. The van der Waals surface area contributed by atoms with E-state index >= 15 is 0 Å². The molecule has 0 aliphatic carbocycles. The normalized spacial score (nSPS) is 16.1. The number of carboxylic acid groups (broad SMARTS) is 1. The first-order chi connectivity index (χ1) is 12.0. The molecule has 0 unspecified atom stereocenters. The van der Waals surface area contributed by atoms with Gasteiger partial charge in [0.25, 0.3) is 5.91 Å². The van der Waals surface area contributed by atoms with E-state index < -0.39 is 5.97 Å². The van der Waals surface area contributed by atoms with Crippen LogP contribution in [-0.2, 0) is 4.79 Å². The lowest BCUT2D eigenvalue weighted by molar-refractivity contribution is -0.255. The van der Waals surface area contributed by atoms with Crippen LogP contribution in [0.4, 0.5) is 5.69 Å². The molecule has 1 saturated heterocycles. The third-order valence-corrected chi connectivity index (χ3v) is 4.41. The maximum atomic E-state index is 12.1. The molecule has 0 spiro atoms. The van der Waals surface area contributed by atoms with E-state index in [1.54, 1.807) is 18.2 Å². The maximum absolute atomic E-state index is 12.1. The minimum absolute atomic E-state index is 0.0163. The van der Waals surface area contributed by atoms with E-state index in [0.717, 1.165) is 11.3 Å². The van der Waals surface area contributed by atoms with Crippen molar-refractivity contribution in [3.8, 4) is 0 Å². The number of carbonyl (C=O) groups excluding carboxylic acids is 2. The molecule has 1 amide bonds. The molecule has 0 radical (unpaired) electrons. The summed E-state index contributed by atoms with van der Waals surface area (Å²) in [6.07, 6.45) is 1.33. The van der Waals surface area contributed by atoms with Crippen molar-refractivity contribution in [3.05, 3.63) is 65.2 Å². The van der Waals surface area contributed by atoms with Gasteiger partial charge in [-0.2, -0.15) is 10.1 Å². The molecule has 0 N–H and O–H groups in total. The molecule has 3 rings (SSSR count). The van der Waals surface area contributed by atoms with Gasteiger partial charge >= 0.3 is 0 Å². The number of hydrazone groups is 1. The topological polar surface area (TPSA) is 85.2 Å². The van der Waals surface area contributed by atoms with Gasteiger partial charge in [0, 0.05) is 11.1 Å². The Hall–Kier alpha value is -2.93. The summed E-state index contributed by atoms with van der Waals surface area (Å²) >= 11 is 1.29. The summed E-state index contributed by atoms with van der Waals surface area (Å²) in [4.78, 5) is 27.6. The van der Waals surface area contributed by atoms with Crippen LogP contribution >= 0.6 is 11.8 Å². The zero-order valence-corrected chi connectivity index (χ0v) is 14.2. The lowest BCUT2D eigenvalue weighted by Gasteiger charge is -2.10. The van der Waals surface area contributed by atoms with Gasteiger partial charge in [0.2, 0.25) is 0 Å². The molecule has 25 heavy (non-hydrogen) atoms. The first kappa shape index (κ1) is 16.9. The quantitative estimate of drug-likeness (QED) is 0.787. The number of carboxylic acids is 1. The van der Waals surface area contributed by atoms with Crippen LogP contribution in [0.2, 0.25) is 0 Å². The molecular weight excluding hydrogens is 338 g/mol. The lowest BCUT2D eigenvalue weighted by atomic mass is 10.1. The molecule has 6 nitrogen and oxygen atoms in total. The summed E-state index contributed by atoms with van der Waals surface area (Å²) in [5.41, 5.74) is 2.22. The highest BCUT2D eigenvalue weighted by Crippen LogP contribution is 2.24. The van der Waals surface area contributed by atoms with E-state index in [1.807, 2.05) is 31.2 Å². The second-order valence-corrected chi connectivity index (χ2v) is 6.29. The molecule has 1 fully saturated rings. The fourth-order valence-corrected chi connectivity index (χ4v) is 3.01. The lowest BCUT2D eigenvalue weighted by Crippen LogP contribution is -2.25. The molecule has 2 aromatic carbocycles. The van der Waals surface area contributed by atoms with Crippen LogP contribution in [0.1, 0.15) is 21.5 Å². The highest BCUT2D eigenvalue weighted by atomic mass is 32.2. The van der Waals surface area contributed by atoms with Gasteiger partial charge in [-0.25, -0.2) is 4.99 Å². The van der Waals surface area contributed by atoms with Gasteiger partial charge in [0.05, 0.1) is 23.6 Å². The monoisotopic (exact) mass is 352 g/mol. The van der Waals surface area contributed by atoms with Gasteiger partial charge in [-0.1, -0.05) is 53.7 Å². The van der Waals surface area contributed by atoms with Crippen LogP contribution in [0.3, 0.4) is 0 Å². The van der Waals surface area contributed by atoms with Gasteiger partial charge < -0.3 is 9.90 Å². The smallest absolute Gasteiger partial charge is 0.259 e. The highest BCUT2D eigenvalue weighted by molar-refractivity contribution is 8.15. The summed E-state index contributed by atoms with van der Waals surface area (Å²) in [6.45, 7) is 1.98. The Bertz CT molecular complexity index is 875. The number of aliphatic imine (C=N–C) groups is 1. The van der Waals surface area contributed by atoms with E-state index in [9.17, 15) is 14.7 Å². The number of nitrogens with zero attached hydrogens (tertiary/aromatic N) is 3. The third-order valence-electron chi connectivity index (χ3n) is 3.49. The Kier molecular flexibility index (Phi) is 4.95. The van der Waals surface area contributed by atoms with E-state index in [2.05, 4.69) is 10.1 Å². The standard InChI is InChI=1S/C18H15N3O3S/c1-12-6-8-14(9-7-12)20-18-21(16(22)11-25-18)19-10-13-4-2-3-5-15(13)17(23)24/h2-10H,11H2,1H3,(H,23,24)/p-1/b19-10-,20-18?. The van der Waals surface area contributed by atoms with E-state index in [4.69, 9.17) is 0 Å². The van der Waals surface area contributed by atoms with E-state index in [0.29, 0.717) is 10.7 Å². The minimum atomic E-state index is -1.29. The highest BCUT2D eigenvalue weighted by Gasteiger charge is 2.28. The van der Waals surface area contributed by atoms with Crippen molar-refractivity contribution in [2.45, 2.75) is 6.92 Å². The van der Waals surface area contributed by atoms with Crippen molar-refractivity contribution in [2.75, 3.05) is 5.75 Å². The Labute approximate surface area is 148 Å². The fourth-order valence-electron chi connectivity index (χ4n) is 2.19. The number of carbonyl (C=O) groups is 2.